The average molecular weight is 403 g/mol. The Morgan fingerprint density at radius 1 is 0.893 bits per heavy atom. The first-order valence-electron chi connectivity index (χ1n) is 9.90. The molecular weight excluding hydrogens is 376 g/mol. The van der Waals surface area contributed by atoms with Crippen molar-refractivity contribution in [2.45, 2.75) is 43.9 Å². The summed E-state index contributed by atoms with van der Waals surface area (Å²) in [6, 6.07) is 0. The highest BCUT2D eigenvalue weighted by Crippen LogP contribution is 2.24. The molecule has 2 aromatic heterocycles. The van der Waals surface area contributed by atoms with Crippen LogP contribution in [0.1, 0.15) is 37.7 Å². The van der Waals surface area contributed by atoms with Gasteiger partial charge in [-0.15, -0.1) is 0 Å². The Bertz CT molecular complexity index is 861. The Morgan fingerprint density at radius 3 is 2.18 bits per heavy atom. The SMILES string of the molecule is O=S(=O)(C1CCN(Cc2cnc(-c3cncnc3)nc2)CC1)N1CCCCC1. The molecule has 2 aromatic rings. The number of sulfonamides is 1. The van der Waals surface area contributed by atoms with Gasteiger partial charge in [-0.05, 0) is 38.8 Å². The Balaban J connectivity index is 1.32. The first-order chi connectivity index (χ1) is 13.6. The monoisotopic (exact) mass is 402 g/mol. The van der Waals surface area contributed by atoms with Crippen molar-refractivity contribution in [3.63, 3.8) is 0 Å². The number of piperidine rings is 2. The fraction of sp³-hybridized carbons (Fsp3) is 0.579. The molecule has 0 N–H and O–H groups in total. The van der Waals surface area contributed by atoms with Crippen molar-refractivity contribution in [3.05, 3.63) is 36.7 Å². The van der Waals surface area contributed by atoms with Crippen molar-refractivity contribution in [3.8, 4) is 11.4 Å². The van der Waals surface area contributed by atoms with Gasteiger partial charge in [-0.25, -0.2) is 32.7 Å². The predicted molar refractivity (Wildman–Crippen MR) is 106 cm³/mol. The van der Waals surface area contributed by atoms with Crippen LogP contribution in [-0.2, 0) is 16.6 Å². The van der Waals surface area contributed by atoms with Crippen LogP contribution in [0, 0.1) is 0 Å². The van der Waals surface area contributed by atoms with E-state index in [0.29, 0.717) is 31.8 Å². The van der Waals surface area contributed by atoms with Crippen molar-refractivity contribution in [2.75, 3.05) is 26.2 Å². The molecule has 150 valence electrons. The Kier molecular flexibility index (Phi) is 5.93. The van der Waals surface area contributed by atoms with Gasteiger partial charge in [-0.2, -0.15) is 0 Å². The molecule has 0 spiro atoms. The molecule has 4 heterocycles. The molecular formula is C19H26N6O2S. The van der Waals surface area contributed by atoms with E-state index in [1.54, 1.807) is 16.7 Å². The molecule has 4 rings (SSSR count). The van der Waals surface area contributed by atoms with Gasteiger partial charge in [0.1, 0.15) is 6.33 Å². The molecule has 9 heteroatoms. The Labute approximate surface area is 166 Å². The lowest BCUT2D eigenvalue weighted by Crippen LogP contribution is -2.46. The molecule has 0 radical (unpaired) electrons. The standard InChI is InChI=1S/C19H26N6O2S/c26-28(27,25-6-2-1-3-7-25)18-4-8-24(9-5-18)14-16-10-22-19(23-11-16)17-12-20-15-21-13-17/h10-13,15,18H,1-9,14H2. The normalized spacial score (nSPS) is 20.3. The summed E-state index contributed by atoms with van der Waals surface area (Å²) in [6.07, 6.45) is 13.0. The van der Waals surface area contributed by atoms with Gasteiger partial charge in [0.05, 0.1) is 10.8 Å². The lowest BCUT2D eigenvalue weighted by molar-refractivity contribution is 0.217. The zero-order valence-electron chi connectivity index (χ0n) is 15.9. The topological polar surface area (TPSA) is 92.2 Å². The fourth-order valence-corrected chi connectivity index (χ4v) is 5.95. The van der Waals surface area contributed by atoms with Crippen LogP contribution in [0.3, 0.4) is 0 Å². The molecule has 2 aliphatic rings. The molecule has 2 aliphatic heterocycles. The maximum absolute atomic E-state index is 12.9. The summed E-state index contributed by atoms with van der Waals surface area (Å²) in [7, 11) is -3.15. The maximum atomic E-state index is 12.9. The zero-order chi connectivity index (χ0) is 19.4. The molecule has 0 aliphatic carbocycles. The van der Waals surface area contributed by atoms with Crippen molar-refractivity contribution >= 4 is 10.0 Å². The fourth-order valence-electron chi connectivity index (χ4n) is 3.95. The lowest BCUT2D eigenvalue weighted by Gasteiger charge is -2.35. The van der Waals surface area contributed by atoms with Crippen molar-refractivity contribution in [2.24, 2.45) is 0 Å². The van der Waals surface area contributed by atoms with Gasteiger partial charge in [0, 0.05) is 50.0 Å². The van der Waals surface area contributed by atoms with E-state index < -0.39 is 10.0 Å². The third kappa shape index (κ3) is 4.37. The van der Waals surface area contributed by atoms with E-state index in [9.17, 15) is 8.42 Å². The largest absolute Gasteiger partial charge is 0.299 e. The summed E-state index contributed by atoms with van der Waals surface area (Å²) in [4.78, 5) is 19.1. The second-order valence-electron chi connectivity index (χ2n) is 7.52. The third-order valence-electron chi connectivity index (χ3n) is 5.56. The molecule has 8 nitrogen and oxygen atoms in total. The van der Waals surface area contributed by atoms with Crippen LogP contribution in [0.25, 0.3) is 11.4 Å². The van der Waals surface area contributed by atoms with Crippen LogP contribution in [-0.4, -0.2) is 69.0 Å². The quantitative estimate of drug-likeness (QED) is 0.752. The Hall–Kier alpha value is -1.97. The third-order valence-corrected chi connectivity index (χ3v) is 7.96. The molecule has 0 saturated carbocycles. The Morgan fingerprint density at radius 2 is 1.54 bits per heavy atom. The van der Waals surface area contributed by atoms with Gasteiger partial charge in [-0.3, -0.25) is 4.90 Å². The van der Waals surface area contributed by atoms with Crippen LogP contribution in [0.15, 0.2) is 31.1 Å². The molecule has 0 aromatic carbocycles. The minimum absolute atomic E-state index is 0.237. The highest BCUT2D eigenvalue weighted by Gasteiger charge is 2.35. The predicted octanol–water partition coefficient (Wildman–Crippen LogP) is 1.71. The van der Waals surface area contributed by atoms with Crippen LogP contribution in [0.5, 0.6) is 0 Å². The summed E-state index contributed by atoms with van der Waals surface area (Å²) >= 11 is 0. The minimum atomic E-state index is -3.15. The summed E-state index contributed by atoms with van der Waals surface area (Å²) in [5.41, 5.74) is 1.82. The van der Waals surface area contributed by atoms with E-state index in [2.05, 4.69) is 24.8 Å². The van der Waals surface area contributed by atoms with Crippen LogP contribution < -0.4 is 0 Å². The van der Waals surface area contributed by atoms with Crippen LogP contribution >= 0.6 is 0 Å². The highest BCUT2D eigenvalue weighted by atomic mass is 32.2. The number of aromatic nitrogens is 4. The highest BCUT2D eigenvalue weighted by molar-refractivity contribution is 7.89. The first kappa shape index (κ1) is 19.4. The first-order valence-corrected chi connectivity index (χ1v) is 11.4. The van der Waals surface area contributed by atoms with E-state index in [1.807, 2.05) is 12.4 Å². The molecule has 0 amide bonds. The summed E-state index contributed by atoms with van der Waals surface area (Å²) < 4.78 is 27.4. The van der Waals surface area contributed by atoms with E-state index in [-0.39, 0.29) is 5.25 Å². The van der Waals surface area contributed by atoms with E-state index in [1.165, 1.54) is 6.33 Å². The minimum Gasteiger partial charge on any atom is -0.299 e. The number of rotatable bonds is 5. The molecule has 0 bridgehead atoms. The second-order valence-corrected chi connectivity index (χ2v) is 9.74. The zero-order valence-corrected chi connectivity index (χ0v) is 16.8. The van der Waals surface area contributed by atoms with Gasteiger partial charge in [-0.1, -0.05) is 6.42 Å². The van der Waals surface area contributed by atoms with Crippen molar-refractivity contribution in [1.82, 2.24) is 29.1 Å². The van der Waals surface area contributed by atoms with Crippen molar-refractivity contribution in [1.29, 1.82) is 0 Å². The summed E-state index contributed by atoms with van der Waals surface area (Å²) in [5, 5.41) is -0.237. The average Bonchev–Trinajstić information content (AvgIpc) is 2.76. The smallest absolute Gasteiger partial charge is 0.217 e. The molecule has 28 heavy (non-hydrogen) atoms. The van der Waals surface area contributed by atoms with E-state index in [4.69, 9.17) is 0 Å². The number of hydrogen-bond acceptors (Lipinski definition) is 7. The summed E-state index contributed by atoms with van der Waals surface area (Å²) in [6.45, 7) is 3.69. The molecule has 2 saturated heterocycles. The summed E-state index contributed by atoms with van der Waals surface area (Å²) in [5.74, 6) is 0.607. The van der Waals surface area contributed by atoms with Gasteiger partial charge >= 0.3 is 0 Å². The van der Waals surface area contributed by atoms with Crippen LogP contribution in [0.4, 0.5) is 0 Å². The second kappa shape index (κ2) is 8.59. The van der Waals surface area contributed by atoms with Gasteiger partial charge in [0.25, 0.3) is 0 Å². The van der Waals surface area contributed by atoms with Crippen LogP contribution in [0.2, 0.25) is 0 Å². The number of nitrogens with zero attached hydrogens (tertiary/aromatic N) is 6. The van der Waals surface area contributed by atoms with E-state index >= 15 is 0 Å². The maximum Gasteiger partial charge on any atom is 0.217 e. The molecule has 2 fully saturated rings. The lowest BCUT2D eigenvalue weighted by atomic mass is 10.1. The van der Waals surface area contributed by atoms with Gasteiger partial charge < -0.3 is 0 Å². The number of hydrogen-bond donors (Lipinski definition) is 0. The van der Waals surface area contributed by atoms with E-state index in [0.717, 1.165) is 50.0 Å². The van der Waals surface area contributed by atoms with Gasteiger partial charge in [0.2, 0.25) is 10.0 Å². The van der Waals surface area contributed by atoms with Gasteiger partial charge in [0.15, 0.2) is 5.82 Å². The van der Waals surface area contributed by atoms with Crippen molar-refractivity contribution < 1.29 is 8.42 Å². The number of likely N-dealkylation sites (tertiary alicyclic amines) is 1. The molecule has 0 unspecified atom stereocenters. The molecule has 0 atom stereocenters.